The molecule has 5 nitrogen and oxygen atoms in total. The van der Waals surface area contributed by atoms with Crippen molar-refractivity contribution in [3.05, 3.63) is 28.0 Å². The fourth-order valence-corrected chi connectivity index (χ4v) is 1.40. The molecule has 1 heterocycles. The maximum atomic E-state index is 11.5. The standard InChI is InChI=1S/C7H6Cl2N4OS/c8-3-1-11-2-4(9)5(3)6(14)12-13-7(10)15/h1-2H,(H,12,14)(H3,10,13,15). The van der Waals surface area contributed by atoms with Gasteiger partial charge in [0.1, 0.15) is 0 Å². The Morgan fingerprint density at radius 1 is 1.33 bits per heavy atom. The largest absolute Gasteiger partial charge is 0.375 e. The first kappa shape index (κ1) is 12.0. The molecule has 15 heavy (non-hydrogen) atoms. The van der Waals surface area contributed by atoms with E-state index in [0.29, 0.717) is 0 Å². The van der Waals surface area contributed by atoms with Crippen molar-refractivity contribution >= 4 is 46.4 Å². The number of nitrogens with zero attached hydrogens (tertiary/aromatic N) is 1. The molecule has 0 aliphatic carbocycles. The summed E-state index contributed by atoms with van der Waals surface area (Å²) in [5.74, 6) is -0.541. The molecule has 0 saturated carbocycles. The van der Waals surface area contributed by atoms with Crippen LogP contribution in [0.2, 0.25) is 10.0 Å². The zero-order chi connectivity index (χ0) is 11.4. The molecule has 8 heteroatoms. The van der Waals surface area contributed by atoms with Crippen LogP contribution in [0.5, 0.6) is 0 Å². The molecule has 0 saturated heterocycles. The highest BCUT2D eigenvalue weighted by Crippen LogP contribution is 2.22. The Balaban J connectivity index is 2.86. The predicted octanol–water partition coefficient (Wildman–Crippen LogP) is 0.866. The molecule has 0 bridgehead atoms. The molecule has 4 N–H and O–H groups in total. The third kappa shape index (κ3) is 3.19. The van der Waals surface area contributed by atoms with Crippen molar-refractivity contribution in [1.29, 1.82) is 0 Å². The van der Waals surface area contributed by atoms with E-state index in [0.717, 1.165) is 0 Å². The summed E-state index contributed by atoms with van der Waals surface area (Å²) in [5.41, 5.74) is 9.73. The molecule has 0 atom stereocenters. The summed E-state index contributed by atoms with van der Waals surface area (Å²) in [6, 6.07) is 0. The summed E-state index contributed by atoms with van der Waals surface area (Å²) in [4.78, 5) is 15.2. The van der Waals surface area contributed by atoms with E-state index in [4.69, 9.17) is 28.9 Å². The number of hydrogen-bond donors (Lipinski definition) is 3. The molecule has 0 aromatic carbocycles. The third-order valence-corrected chi connectivity index (χ3v) is 2.05. The van der Waals surface area contributed by atoms with Gasteiger partial charge in [0.25, 0.3) is 5.91 Å². The number of pyridine rings is 1. The summed E-state index contributed by atoms with van der Waals surface area (Å²) in [6.45, 7) is 0. The van der Waals surface area contributed by atoms with E-state index in [1.165, 1.54) is 12.4 Å². The van der Waals surface area contributed by atoms with Crippen molar-refractivity contribution in [2.24, 2.45) is 5.73 Å². The van der Waals surface area contributed by atoms with Crippen molar-refractivity contribution in [2.45, 2.75) is 0 Å². The normalized spacial score (nSPS) is 9.47. The van der Waals surface area contributed by atoms with E-state index in [-0.39, 0.29) is 20.7 Å². The number of aromatic nitrogens is 1. The van der Waals surface area contributed by atoms with E-state index in [2.05, 4.69) is 28.1 Å². The molecular weight excluding hydrogens is 259 g/mol. The Labute approximate surface area is 101 Å². The lowest BCUT2D eigenvalue weighted by atomic mass is 10.2. The van der Waals surface area contributed by atoms with E-state index in [1.54, 1.807) is 0 Å². The van der Waals surface area contributed by atoms with Gasteiger partial charge in [0, 0.05) is 12.4 Å². The van der Waals surface area contributed by atoms with Crippen molar-refractivity contribution in [3.8, 4) is 0 Å². The van der Waals surface area contributed by atoms with Crippen LogP contribution in [0.25, 0.3) is 0 Å². The van der Waals surface area contributed by atoms with Gasteiger partial charge in [-0.05, 0) is 12.2 Å². The number of nitrogens with one attached hydrogen (secondary N) is 2. The van der Waals surface area contributed by atoms with Gasteiger partial charge < -0.3 is 5.73 Å². The maximum Gasteiger partial charge on any atom is 0.272 e. The fraction of sp³-hybridized carbons (Fsp3) is 0. The number of halogens is 2. The summed E-state index contributed by atoms with van der Waals surface area (Å²) in [5, 5.41) is 0.221. The van der Waals surface area contributed by atoms with E-state index < -0.39 is 5.91 Å². The minimum absolute atomic E-state index is 0.0651. The van der Waals surface area contributed by atoms with Crippen LogP contribution >= 0.6 is 35.4 Å². The lowest BCUT2D eigenvalue weighted by molar-refractivity contribution is 0.0944. The first-order chi connectivity index (χ1) is 7.02. The molecule has 0 aliphatic heterocycles. The van der Waals surface area contributed by atoms with E-state index in [9.17, 15) is 4.79 Å². The second kappa shape index (κ2) is 5.11. The fourth-order valence-electron chi connectivity index (χ4n) is 0.809. The van der Waals surface area contributed by atoms with Crippen LogP contribution in [0.1, 0.15) is 10.4 Å². The molecule has 80 valence electrons. The van der Waals surface area contributed by atoms with Crippen LogP contribution in [0.15, 0.2) is 12.4 Å². The van der Waals surface area contributed by atoms with Crippen LogP contribution < -0.4 is 16.6 Å². The molecule has 1 amide bonds. The Hall–Kier alpha value is -1.11. The first-order valence-corrected chi connectivity index (χ1v) is 4.83. The van der Waals surface area contributed by atoms with Gasteiger partial charge in [-0.25, -0.2) is 0 Å². The lowest BCUT2D eigenvalue weighted by Crippen LogP contribution is -2.44. The molecule has 0 radical (unpaired) electrons. The predicted molar refractivity (Wildman–Crippen MR) is 61.6 cm³/mol. The number of carbonyl (C=O) groups excluding carboxylic acids is 1. The van der Waals surface area contributed by atoms with Gasteiger partial charge in [0.15, 0.2) is 5.11 Å². The Morgan fingerprint density at radius 2 is 1.87 bits per heavy atom. The smallest absolute Gasteiger partial charge is 0.272 e. The zero-order valence-corrected chi connectivity index (χ0v) is 9.58. The maximum absolute atomic E-state index is 11.5. The van der Waals surface area contributed by atoms with Gasteiger partial charge in [-0.3, -0.25) is 20.6 Å². The summed E-state index contributed by atoms with van der Waals surface area (Å²) in [7, 11) is 0. The minimum atomic E-state index is -0.541. The molecule has 1 rings (SSSR count). The van der Waals surface area contributed by atoms with Gasteiger partial charge in [0.2, 0.25) is 0 Å². The molecule has 0 spiro atoms. The molecule has 0 fully saturated rings. The minimum Gasteiger partial charge on any atom is -0.375 e. The highest BCUT2D eigenvalue weighted by atomic mass is 35.5. The van der Waals surface area contributed by atoms with Crippen molar-refractivity contribution in [3.63, 3.8) is 0 Å². The summed E-state index contributed by atoms with van der Waals surface area (Å²) in [6.07, 6.45) is 2.62. The van der Waals surface area contributed by atoms with Gasteiger partial charge in [0.05, 0.1) is 15.6 Å². The van der Waals surface area contributed by atoms with Crippen LogP contribution in [0, 0.1) is 0 Å². The average molecular weight is 265 g/mol. The number of amides is 1. The number of nitrogens with two attached hydrogens (primary N) is 1. The number of hydrogen-bond acceptors (Lipinski definition) is 3. The highest BCUT2D eigenvalue weighted by Gasteiger charge is 2.14. The lowest BCUT2D eigenvalue weighted by Gasteiger charge is -2.08. The zero-order valence-electron chi connectivity index (χ0n) is 7.25. The SMILES string of the molecule is NC(=S)NNC(=O)c1c(Cl)cncc1Cl. The number of rotatable bonds is 1. The summed E-state index contributed by atoms with van der Waals surface area (Å²) >= 11 is 16.0. The number of hydrazine groups is 1. The molecule has 0 unspecified atom stereocenters. The number of carbonyl (C=O) groups is 1. The van der Waals surface area contributed by atoms with Crippen molar-refractivity contribution < 1.29 is 4.79 Å². The molecule has 1 aromatic rings. The van der Waals surface area contributed by atoms with Crippen LogP contribution in [-0.4, -0.2) is 16.0 Å². The van der Waals surface area contributed by atoms with Crippen LogP contribution in [-0.2, 0) is 0 Å². The first-order valence-electron chi connectivity index (χ1n) is 3.67. The Kier molecular flexibility index (Phi) is 4.07. The monoisotopic (exact) mass is 264 g/mol. The van der Waals surface area contributed by atoms with Crippen LogP contribution in [0.4, 0.5) is 0 Å². The molecular formula is C7H6Cl2N4OS. The topological polar surface area (TPSA) is 80.0 Å². The van der Waals surface area contributed by atoms with E-state index >= 15 is 0 Å². The second-order valence-electron chi connectivity index (χ2n) is 2.42. The highest BCUT2D eigenvalue weighted by molar-refractivity contribution is 7.80. The Morgan fingerprint density at radius 3 is 2.33 bits per heavy atom. The molecule has 1 aromatic heterocycles. The third-order valence-electron chi connectivity index (χ3n) is 1.38. The quantitative estimate of drug-likeness (QED) is 0.518. The number of thiocarbonyl (C=S) groups is 1. The van der Waals surface area contributed by atoms with Crippen molar-refractivity contribution in [1.82, 2.24) is 15.8 Å². The Bertz CT molecular complexity index is 392. The average Bonchev–Trinajstić information content (AvgIpc) is 2.14. The van der Waals surface area contributed by atoms with Gasteiger partial charge in [-0.2, -0.15) is 0 Å². The van der Waals surface area contributed by atoms with Gasteiger partial charge in [-0.15, -0.1) is 0 Å². The summed E-state index contributed by atoms with van der Waals surface area (Å²) < 4.78 is 0. The second-order valence-corrected chi connectivity index (χ2v) is 3.68. The van der Waals surface area contributed by atoms with Gasteiger partial charge in [-0.1, -0.05) is 23.2 Å². The van der Waals surface area contributed by atoms with Crippen LogP contribution in [0.3, 0.4) is 0 Å². The van der Waals surface area contributed by atoms with Gasteiger partial charge >= 0.3 is 0 Å². The van der Waals surface area contributed by atoms with E-state index in [1.807, 2.05) is 0 Å². The molecule has 0 aliphatic rings. The van der Waals surface area contributed by atoms with Crippen molar-refractivity contribution in [2.75, 3.05) is 0 Å².